The molecule has 0 spiro atoms. The molecule has 0 unspecified atom stereocenters. The van der Waals surface area contributed by atoms with Crippen molar-refractivity contribution >= 4 is 0 Å². The van der Waals surface area contributed by atoms with E-state index in [0.717, 1.165) is 68.1 Å². The lowest BCUT2D eigenvalue weighted by molar-refractivity contribution is 0.600. The zero-order chi connectivity index (χ0) is 22.6. The largest absolute Gasteiger partial charge is 0.207 e. The van der Waals surface area contributed by atoms with E-state index in [0.29, 0.717) is 0 Å². The first kappa shape index (κ1) is 23.7. The van der Waals surface area contributed by atoms with E-state index in [2.05, 4.69) is 74.2 Å². The van der Waals surface area contributed by atoms with Crippen molar-refractivity contribution in [2.75, 3.05) is 0 Å². The van der Waals surface area contributed by atoms with E-state index in [4.69, 9.17) is 0 Å². The van der Waals surface area contributed by atoms with E-state index in [1.54, 1.807) is 6.07 Å². The normalized spacial score (nSPS) is 11.2. The zero-order valence-electron chi connectivity index (χ0n) is 19.3. The van der Waals surface area contributed by atoms with Crippen molar-refractivity contribution in [3.05, 3.63) is 120 Å². The molecule has 3 aromatic carbocycles. The highest BCUT2D eigenvalue weighted by atomic mass is 19.1. The number of halogens is 1. The Labute approximate surface area is 193 Å². The molecular formula is C31H35F. The highest BCUT2D eigenvalue weighted by molar-refractivity contribution is 5.64. The van der Waals surface area contributed by atoms with Gasteiger partial charge in [-0.05, 0) is 97.7 Å². The van der Waals surface area contributed by atoms with Crippen LogP contribution in [0.3, 0.4) is 0 Å². The standard InChI is InChI=1S/C31H35F/c1-3-5-7-11-26-14-16-27(17-15-26)12-8-9-13-29-22-23-30(24-31(29)32)28-20-18-25(19-21-28)10-6-4-2/h3-5,14-24H,2,6-13H2,1H3/b5-3+. The van der Waals surface area contributed by atoms with Crippen LogP contribution in [-0.2, 0) is 25.7 Å². The molecule has 0 fully saturated rings. The number of unbranched alkanes of at least 4 members (excludes halogenated alkanes) is 1. The SMILES string of the molecule is C=CCCc1ccc(-c2ccc(CCCCc3ccc(CC/C=C/C)cc3)c(F)c2)cc1. The van der Waals surface area contributed by atoms with Crippen molar-refractivity contribution < 1.29 is 4.39 Å². The topological polar surface area (TPSA) is 0 Å². The average Bonchev–Trinajstić information content (AvgIpc) is 2.83. The molecule has 0 aliphatic heterocycles. The van der Waals surface area contributed by atoms with E-state index >= 15 is 0 Å². The van der Waals surface area contributed by atoms with Gasteiger partial charge in [-0.15, -0.1) is 6.58 Å². The number of aryl methyl sites for hydroxylation is 4. The molecule has 0 N–H and O–H groups in total. The Hall–Kier alpha value is -2.93. The summed E-state index contributed by atoms with van der Waals surface area (Å²) >= 11 is 0. The Morgan fingerprint density at radius 1 is 0.688 bits per heavy atom. The molecule has 32 heavy (non-hydrogen) atoms. The lowest BCUT2D eigenvalue weighted by Crippen LogP contribution is -1.94. The van der Waals surface area contributed by atoms with Gasteiger partial charge in [-0.25, -0.2) is 4.39 Å². The van der Waals surface area contributed by atoms with E-state index < -0.39 is 0 Å². The van der Waals surface area contributed by atoms with E-state index in [1.807, 2.05) is 18.2 Å². The lowest BCUT2D eigenvalue weighted by Gasteiger charge is -2.08. The molecule has 166 valence electrons. The summed E-state index contributed by atoms with van der Waals surface area (Å²) < 4.78 is 14.7. The first-order chi connectivity index (χ1) is 15.7. The zero-order valence-corrected chi connectivity index (χ0v) is 19.3. The van der Waals surface area contributed by atoms with Gasteiger partial charge < -0.3 is 0 Å². The Bertz CT molecular complexity index is 994. The van der Waals surface area contributed by atoms with Gasteiger partial charge in [-0.1, -0.05) is 78.9 Å². The first-order valence-electron chi connectivity index (χ1n) is 11.9. The number of hydrogen-bond acceptors (Lipinski definition) is 0. The van der Waals surface area contributed by atoms with Crippen molar-refractivity contribution in [2.24, 2.45) is 0 Å². The smallest absolute Gasteiger partial charge is 0.127 e. The highest BCUT2D eigenvalue weighted by Gasteiger charge is 2.06. The molecule has 0 atom stereocenters. The van der Waals surface area contributed by atoms with Crippen LogP contribution in [0.15, 0.2) is 91.5 Å². The predicted molar refractivity (Wildman–Crippen MR) is 137 cm³/mol. The maximum atomic E-state index is 14.7. The molecule has 1 heteroatoms. The van der Waals surface area contributed by atoms with Gasteiger partial charge in [0.25, 0.3) is 0 Å². The lowest BCUT2D eigenvalue weighted by atomic mass is 9.98. The molecule has 0 saturated carbocycles. The summed E-state index contributed by atoms with van der Waals surface area (Å²) in [7, 11) is 0. The Morgan fingerprint density at radius 3 is 1.88 bits per heavy atom. The van der Waals surface area contributed by atoms with Gasteiger partial charge in [-0.2, -0.15) is 0 Å². The molecule has 0 nitrogen and oxygen atoms in total. The molecule has 0 aromatic heterocycles. The molecular weight excluding hydrogens is 391 g/mol. The molecule has 3 rings (SSSR count). The van der Waals surface area contributed by atoms with Crippen molar-refractivity contribution in [1.82, 2.24) is 0 Å². The fourth-order valence-electron chi connectivity index (χ4n) is 4.00. The van der Waals surface area contributed by atoms with Crippen LogP contribution < -0.4 is 0 Å². The molecule has 0 amide bonds. The van der Waals surface area contributed by atoms with E-state index in [-0.39, 0.29) is 5.82 Å². The second-order valence-electron chi connectivity index (χ2n) is 8.46. The maximum absolute atomic E-state index is 14.7. The Morgan fingerprint density at radius 2 is 1.25 bits per heavy atom. The van der Waals surface area contributed by atoms with E-state index in [9.17, 15) is 4.39 Å². The van der Waals surface area contributed by atoms with Gasteiger partial charge in [0.2, 0.25) is 0 Å². The van der Waals surface area contributed by atoms with Crippen molar-refractivity contribution in [3.63, 3.8) is 0 Å². The van der Waals surface area contributed by atoms with Gasteiger partial charge in [0.05, 0.1) is 0 Å². The van der Waals surface area contributed by atoms with Crippen LogP contribution in [0.1, 0.15) is 54.9 Å². The molecule has 0 heterocycles. The number of rotatable bonds is 12. The van der Waals surface area contributed by atoms with Gasteiger partial charge in [0.1, 0.15) is 5.82 Å². The molecule has 0 bridgehead atoms. The summed E-state index contributed by atoms with van der Waals surface area (Å²) in [6, 6.07) is 23.1. The summed E-state index contributed by atoms with van der Waals surface area (Å²) in [5.41, 5.74) is 6.86. The third-order valence-corrected chi connectivity index (χ3v) is 6.00. The Balaban J connectivity index is 1.47. The molecule has 0 saturated heterocycles. The minimum absolute atomic E-state index is 0.0938. The van der Waals surface area contributed by atoms with Crippen LogP contribution in [0.25, 0.3) is 11.1 Å². The molecule has 0 aliphatic carbocycles. The number of benzene rings is 3. The summed E-state index contributed by atoms with van der Waals surface area (Å²) in [4.78, 5) is 0. The summed E-state index contributed by atoms with van der Waals surface area (Å²) in [6.07, 6.45) is 14.3. The van der Waals surface area contributed by atoms with Crippen LogP contribution in [0.4, 0.5) is 4.39 Å². The second-order valence-corrected chi connectivity index (χ2v) is 8.46. The first-order valence-corrected chi connectivity index (χ1v) is 11.9. The van der Waals surface area contributed by atoms with Crippen LogP contribution >= 0.6 is 0 Å². The van der Waals surface area contributed by atoms with Crippen LogP contribution in [0, 0.1) is 5.82 Å². The second kappa shape index (κ2) is 12.8. The van der Waals surface area contributed by atoms with Crippen LogP contribution in [-0.4, -0.2) is 0 Å². The van der Waals surface area contributed by atoms with Gasteiger partial charge in [-0.3, -0.25) is 0 Å². The fourth-order valence-corrected chi connectivity index (χ4v) is 4.00. The number of allylic oxidation sites excluding steroid dienone is 3. The van der Waals surface area contributed by atoms with Crippen molar-refractivity contribution in [1.29, 1.82) is 0 Å². The maximum Gasteiger partial charge on any atom is 0.127 e. The van der Waals surface area contributed by atoms with Crippen LogP contribution in [0.5, 0.6) is 0 Å². The molecule has 3 aromatic rings. The summed E-state index contributed by atoms with van der Waals surface area (Å²) in [5, 5.41) is 0. The minimum Gasteiger partial charge on any atom is -0.207 e. The molecule has 0 radical (unpaired) electrons. The number of hydrogen-bond donors (Lipinski definition) is 0. The van der Waals surface area contributed by atoms with Gasteiger partial charge >= 0.3 is 0 Å². The van der Waals surface area contributed by atoms with E-state index in [1.165, 1.54) is 16.7 Å². The minimum atomic E-state index is -0.0938. The van der Waals surface area contributed by atoms with Crippen molar-refractivity contribution in [3.8, 4) is 11.1 Å². The fraction of sp³-hybridized carbons (Fsp3) is 0.290. The monoisotopic (exact) mass is 426 g/mol. The third-order valence-electron chi connectivity index (χ3n) is 6.00. The molecule has 0 aliphatic rings. The predicted octanol–water partition coefficient (Wildman–Crippen LogP) is 8.69. The summed E-state index contributed by atoms with van der Waals surface area (Å²) in [5.74, 6) is -0.0938. The van der Waals surface area contributed by atoms with Gasteiger partial charge in [0.15, 0.2) is 0 Å². The van der Waals surface area contributed by atoms with Crippen molar-refractivity contribution in [2.45, 2.75) is 58.3 Å². The Kier molecular flexibility index (Phi) is 9.50. The highest BCUT2D eigenvalue weighted by Crippen LogP contribution is 2.24. The van der Waals surface area contributed by atoms with Gasteiger partial charge in [0, 0.05) is 0 Å². The third kappa shape index (κ3) is 7.34. The van der Waals surface area contributed by atoms with Crippen LogP contribution in [0.2, 0.25) is 0 Å². The average molecular weight is 427 g/mol. The summed E-state index contributed by atoms with van der Waals surface area (Å²) in [6.45, 7) is 5.83. The quantitative estimate of drug-likeness (QED) is 0.201.